The van der Waals surface area contributed by atoms with Gasteiger partial charge in [-0.1, -0.05) is 31.5 Å². The van der Waals surface area contributed by atoms with Gasteiger partial charge in [-0.3, -0.25) is 10.1 Å². The van der Waals surface area contributed by atoms with Crippen LogP contribution in [0.3, 0.4) is 0 Å². The number of nitrogens with zero attached hydrogens (tertiary/aromatic N) is 1. The summed E-state index contributed by atoms with van der Waals surface area (Å²) in [5, 5.41) is 10.7. The highest BCUT2D eigenvalue weighted by molar-refractivity contribution is 6.20. The van der Waals surface area contributed by atoms with Crippen LogP contribution < -0.4 is 0 Å². The number of rotatable bonds is 5. The normalized spacial score (nSPS) is 12.4. The van der Waals surface area contributed by atoms with E-state index in [0.717, 1.165) is 18.4 Å². The Bertz CT molecular complexity index is 341. The molecule has 4 heteroatoms. The third-order valence-electron chi connectivity index (χ3n) is 2.23. The highest BCUT2D eigenvalue weighted by atomic mass is 35.5. The molecule has 1 aromatic carbocycles. The molecule has 1 rings (SSSR count). The van der Waals surface area contributed by atoms with Gasteiger partial charge in [0.2, 0.25) is 0 Å². The summed E-state index contributed by atoms with van der Waals surface area (Å²) >= 11 is 6.07. The van der Waals surface area contributed by atoms with Crippen molar-refractivity contribution in [3.8, 4) is 0 Å². The zero-order valence-corrected chi connectivity index (χ0v) is 9.41. The van der Waals surface area contributed by atoms with Gasteiger partial charge < -0.3 is 0 Å². The largest absolute Gasteiger partial charge is 0.272 e. The minimum atomic E-state index is -0.356. The highest BCUT2D eigenvalue weighted by Crippen LogP contribution is 2.22. The lowest BCUT2D eigenvalue weighted by molar-refractivity contribution is -0.385. The zero-order valence-electron chi connectivity index (χ0n) is 8.65. The van der Waals surface area contributed by atoms with Crippen molar-refractivity contribution in [2.45, 2.75) is 31.6 Å². The van der Waals surface area contributed by atoms with Crippen LogP contribution in [0.2, 0.25) is 0 Å². The predicted octanol–water partition coefficient (Wildman–Crippen LogP) is 3.54. The van der Waals surface area contributed by atoms with Gasteiger partial charge in [-0.25, -0.2) is 0 Å². The summed E-state index contributed by atoms with van der Waals surface area (Å²) in [5.74, 6) is 0. The molecule has 0 spiro atoms. The fraction of sp³-hybridized carbons (Fsp3) is 0.455. The number of halogens is 1. The topological polar surface area (TPSA) is 43.1 Å². The predicted molar refractivity (Wildman–Crippen MR) is 61.3 cm³/mol. The van der Waals surface area contributed by atoms with E-state index in [-0.39, 0.29) is 16.0 Å². The summed E-state index contributed by atoms with van der Waals surface area (Å²) in [6.45, 7) is 2.05. The first kappa shape index (κ1) is 12.0. The third kappa shape index (κ3) is 3.51. The van der Waals surface area contributed by atoms with Crippen LogP contribution in [0.25, 0.3) is 0 Å². The van der Waals surface area contributed by atoms with Crippen LogP contribution in [0.1, 0.15) is 25.3 Å². The van der Waals surface area contributed by atoms with Crippen molar-refractivity contribution >= 4 is 17.3 Å². The Kier molecular flexibility index (Phi) is 4.56. The molecule has 0 bridgehead atoms. The Labute approximate surface area is 94.2 Å². The molecule has 1 unspecified atom stereocenters. The molecule has 0 aliphatic heterocycles. The fourth-order valence-corrected chi connectivity index (χ4v) is 1.90. The number of para-hydroxylation sites is 1. The van der Waals surface area contributed by atoms with Gasteiger partial charge in [0, 0.05) is 17.0 Å². The second-order valence-corrected chi connectivity index (χ2v) is 4.09. The molecule has 0 N–H and O–H groups in total. The summed E-state index contributed by atoms with van der Waals surface area (Å²) in [6.07, 6.45) is 2.44. The number of alkyl halides is 1. The molecule has 0 aliphatic carbocycles. The van der Waals surface area contributed by atoms with E-state index in [1.54, 1.807) is 18.2 Å². The Balaban J connectivity index is 2.79. The van der Waals surface area contributed by atoms with Gasteiger partial charge in [0.15, 0.2) is 0 Å². The van der Waals surface area contributed by atoms with Crippen LogP contribution in [0.4, 0.5) is 5.69 Å². The molecule has 1 aromatic rings. The summed E-state index contributed by atoms with van der Waals surface area (Å²) in [6, 6.07) is 6.76. The number of hydrogen-bond donors (Lipinski definition) is 0. The first-order chi connectivity index (χ1) is 7.15. The Morgan fingerprint density at radius 3 is 2.73 bits per heavy atom. The van der Waals surface area contributed by atoms with Crippen molar-refractivity contribution in [3.63, 3.8) is 0 Å². The van der Waals surface area contributed by atoms with Gasteiger partial charge in [-0.05, 0) is 12.8 Å². The number of benzene rings is 1. The molecule has 0 aliphatic rings. The van der Waals surface area contributed by atoms with Gasteiger partial charge >= 0.3 is 0 Å². The van der Waals surface area contributed by atoms with Gasteiger partial charge in [0.25, 0.3) is 5.69 Å². The zero-order chi connectivity index (χ0) is 11.3. The smallest absolute Gasteiger partial charge is 0.258 e. The molecule has 0 heterocycles. The maximum atomic E-state index is 10.7. The second-order valence-electron chi connectivity index (χ2n) is 3.48. The second kappa shape index (κ2) is 5.71. The summed E-state index contributed by atoms with van der Waals surface area (Å²) in [7, 11) is 0. The van der Waals surface area contributed by atoms with E-state index in [0.29, 0.717) is 6.42 Å². The summed E-state index contributed by atoms with van der Waals surface area (Å²) < 4.78 is 0. The maximum absolute atomic E-state index is 10.7. The molecule has 0 amide bonds. The Morgan fingerprint density at radius 2 is 2.13 bits per heavy atom. The van der Waals surface area contributed by atoms with E-state index in [9.17, 15) is 10.1 Å². The minimum absolute atomic E-state index is 0.0175. The van der Waals surface area contributed by atoms with E-state index in [4.69, 9.17) is 11.6 Å². The van der Waals surface area contributed by atoms with Gasteiger partial charge in [-0.2, -0.15) is 0 Å². The van der Waals surface area contributed by atoms with Crippen LogP contribution in [-0.4, -0.2) is 10.3 Å². The van der Waals surface area contributed by atoms with Gasteiger partial charge in [-0.15, -0.1) is 11.6 Å². The molecule has 0 radical (unpaired) electrons. The molecule has 0 saturated carbocycles. The van der Waals surface area contributed by atoms with Crippen molar-refractivity contribution in [2.75, 3.05) is 0 Å². The lowest BCUT2D eigenvalue weighted by Gasteiger charge is -2.07. The molecule has 82 valence electrons. The van der Waals surface area contributed by atoms with Crippen molar-refractivity contribution in [1.82, 2.24) is 0 Å². The van der Waals surface area contributed by atoms with Crippen LogP contribution in [0.5, 0.6) is 0 Å². The standard InChI is InChI=1S/C11H14ClNO2/c1-2-5-10(12)8-9-6-3-4-7-11(9)13(14)15/h3-4,6-7,10H,2,5,8H2,1H3. The molecule has 3 nitrogen and oxygen atoms in total. The molecular weight excluding hydrogens is 214 g/mol. The average Bonchev–Trinajstić information content (AvgIpc) is 2.18. The molecule has 0 fully saturated rings. The lowest BCUT2D eigenvalue weighted by Crippen LogP contribution is -2.05. The van der Waals surface area contributed by atoms with E-state index >= 15 is 0 Å². The number of hydrogen-bond acceptors (Lipinski definition) is 2. The van der Waals surface area contributed by atoms with Gasteiger partial charge in [0.1, 0.15) is 0 Å². The van der Waals surface area contributed by atoms with E-state index < -0.39 is 0 Å². The highest BCUT2D eigenvalue weighted by Gasteiger charge is 2.15. The average molecular weight is 228 g/mol. The van der Waals surface area contributed by atoms with E-state index in [2.05, 4.69) is 6.92 Å². The van der Waals surface area contributed by atoms with Crippen molar-refractivity contribution < 1.29 is 4.92 Å². The van der Waals surface area contributed by atoms with Crippen LogP contribution in [-0.2, 0) is 6.42 Å². The molecule has 0 aromatic heterocycles. The quantitative estimate of drug-likeness (QED) is 0.439. The Morgan fingerprint density at radius 1 is 1.47 bits per heavy atom. The Hall–Kier alpha value is -1.09. The van der Waals surface area contributed by atoms with E-state index in [1.165, 1.54) is 6.07 Å². The van der Waals surface area contributed by atoms with Crippen molar-refractivity contribution in [1.29, 1.82) is 0 Å². The number of nitro groups is 1. The fourth-order valence-electron chi connectivity index (χ4n) is 1.52. The first-order valence-electron chi connectivity index (χ1n) is 5.01. The maximum Gasteiger partial charge on any atom is 0.272 e. The van der Waals surface area contributed by atoms with Crippen molar-refractivity contribution in [3.05, 3.63) is 39.9 Å². The summed E-state index contributed by atoms with van der Waals surface area (Å²) in [5.41, 5.74) is 0.884. The van der Waals surface area contributed by atoms with Crippen molar-refractivity contribution in [2.24, 2.45) is 0 Å². The molecule has 1 atom stereocenters. The lowest BCUT2D eigenvalue weighted by atomic mass is 10.1. The first-order valence-corrected chi connectivity index (χ1v) is 5.45. The third-order valence-corrected chi connectivity index (χ3v) is 2.60. The molecular formula is C11H14ClNO2. The van der Waals surface area contributed by atoms with Gasteiger partial charge in [0.05, 0.1) is 4.92 Å². The monoisotopic (exact) mass is 227 g/mol. The summed E-state index contributed by atoms with van der Waals surface area (Å²) in [4.78, 5) is 10.4. The molecule has 0 saturated heterocycles. The van der Waals surface area contributed by atoms with Crippen LogP contribution >= 0.6 is 11.6 Å². The SMILES string of the molecule is CCCC(Cl)Cc1ccccc1[N+](=O)[O-]. The number of nitro benzene ring substituents is 1. The van der Waals surface area contributed by atoms with E-state index in [1.807, 2.05) is 0 Å². The molecule has 15 heavy (non-hydrogen) atoms. The van der Waals surface area contributed by atoms with Crippen LogP contribution in [0.15, 0.2) is 24.3 Å². The van der Waals surface area contributed by atoms with Crippen LogP contribution in [0, 0.1) is 10.1 Å². The minimum Gasteiger partial charge on any atom is -0.258 e.